The Morgan fingerprint density at radius 3 is 0.600 bits per heavy atom. The third kappa shape index (κ3) is 12100. The second-order valence-electron chi connectivity index (χ2n) is 1.48. The van der Waals surface area contributed by atoms with E-state index >= 15 is 0 Å². The molecular formula is H8N2O10S3. The molecule has 0 amide bonds. The minimum absolute atomic E-state index is 3.88. The van der Waals surface area contributed by atoms with Crippen molar-refractivity contribution in [3.63, 3.8) is 0 Å². The van der Waals surface area contributed by atoms with Gasteiger partial charge in [0.15, 0.2) is 0 Å². The van der Waals surface area contributed by atoms with Gasteiger partial charge < -0.3 is 0 Å². The molecule has 0 saturated carbocycles. The molecule has 8 N–H and O–H groups in total. The molecule has 0 bridgehead atoms. The Bertz CT molecular complexity index is 340. The highest BCUT2D eigenvalue weighted by atomic mass is 32.3. The van der Waals surface area contributed by atoms with Crippen molar-refractivity contribution in [2.24, 2.45) is 10.3 Å². The van der Waals surface area contributed by atoms with Gasteiger partial charge in [-0.05, 0) is 0 Å². The molecule has 0 aromatic carbocycles. The van der Waals surface area contributed by atoms with Crippen LogP contribution in [0, 0.1) is 0 Å². The highest BCUT2D eigenvalue weighted by Gasteiger charge is 1.84. The van der Waals surface area contributed by atoms with Crippen LogP contribution in [0.5, 0.6) is 0 Å². The van der Waals surface area contributed by atoms with Gasteiger partial charge in [0.2, 0.25) is 0 Å². The van der Waals surface area contributed by atoms with Gasteiger partial charge in [0, 0.05) is 0 Å². The van der Waals surface area contributed by atoms with Crippen LogP contribution < -0.4 is 10.3 Å². The molecule has 0 aromatic rings. The van der Waals surface area contributed by atoms with Crippen LogP contribution in [-0.4, -0.2) is 43.5 Å². The van der Waals surface area contributed by atoms with E-state index in [0.29, 0.717) is 0 Å². The van der Waals surface area contributed by atoms with Gasteiger partial charge in [-0.25, -0.2) is 10.3 Å². The minimum atomic E-state index is -4.67. The zero-order valence-corrected chi connectivity index (χ0v) is 9.07. The van der Waals surface area contributed by atoms with E-state index in [1.807, 2.05) is 0 Å². The second kappa shape index (κ2) is 6.98. The fourth-order valence-corrected chi connectivity index (χ4v) is 0. The first-order chi connectivity index (χ1) is 6.00. The summed E-state index contributed by atoms with van der Waals surface area (Å²) in [5.74, 6) is 0. The lowest BCUT2D eigenvalue weighted by atomic mass is 13.9. The van der Waals surface area contributed by atoms with Crippen molar-refractivity contribution in [2.75, 3.05) is 0 Å². The fraction of sp³-hybridized carbons (Fsp3) is 0. The van der Waals surface area contributed by atoms with Crippen LogP contribution in [0.3, 0.4) is 0 Å². The van der Waals surface area contributed by atoms with E-state index in [1.165, 1.54) is 0 Å². The summed E-state index contributed by atoms with van der Waals surface area (Å²) in [5, 5.41) is 7.76. The molecular weight excluding hydrogens is 284 g/mol. The van der Waals surface area contributed by atoms with Crippen molar-refractivity contribution in [1.29, 1.82) is 0 Å². The van der Waals surface area contributed by atoms with Crippen molar-refractivity contribution in [3.05, 3.63) is 0 Å². The van der Waals surface area contributed by atoms with Gasteiger partial charge in [-0.2, -0.15) is 25.3 Å². The lowest BCUT2D eigenvalue weighted by molar-refractivity contribution is 0.380. The molecule has 0 saturated heterocycles. The predicted octanol–water partition coefficient (Wildman–Crippen LogP) is -3.16. The number of nitrogens with two attached hydrogens (primary N) is 2. The molecule has 15 heavy (non-hydrogen) atoms. The molecule has 0 unspecified atom stereocenters. The molecule has 0 rings (SSSR count). The van der Waals surface area contributed by atoms with Gasteiger partial charge in [-0.15, -0.1) is 0 Å². The number of rotatable bonds is 0. The average Bonchev–Trinajstić information content (AvgIpc) is 1.41. The Morgan fingerprint density at radius 1 is 0.600 bits per heavy atom. The second-order valence-corrected chi connectivity index (χ2v) is 4.43. The third-order valence-electron chi connectivity index (χ3n) is 0. The van der Waals surface area contributed by atoms with Crippen molar-refractivity contribution in [3.8, 4) is 0 Å². The highest BCUT2D eigenvalue weighted by molar-refractivity contribution is 7.83. The first-order valence-electron chi connectivity index (χ1n) is 2.20. The zero-order chi connectivity index (χ0) is 13.5. The van der Waals surface area contributed by atoms with Crippen molar-refractivity contribution in [2.45, 2.75) is 0 Å². The van der Waals surface area contributed by atoms with Gasteiger partial charge in [-0.1, -0.05) is 0 Å². The highest BCUT2D eigenvalue weighted by Crippen LogP contribution is 1.59. The maximum Gasteiger partial charge on any atom is 0.394 e. The van der Waals surface area contributed by atoms with Crippen LogP contribution in [0.4, 0.5) is 0 Å². The van der Waals surface area contributed by atoms with Crippen molar-refractivity contribution >= 4 is 31.0 Å². The Hall–Kier alpha value is -0.390. The summed E-state index contributed by atoms with van der Waals surface area (Å²) in [6, 6.07) is 0. The van der Waals surface area contributed by atoms with Crippen LogP contribution in [0.2, 0.25) is 0 Å². The molecule has 0 aromatic heterocycles. The average molecular weight is 292 g/mol. The molecule has 0 heterocycles. The van der Waals surface area contributed by atoms with Gasteiger partial charge in [-0.3, -0.25) is 18.2 Å². The van der Waals surface area contributed by atoms with E-state index in [4.69, 9.17) is 43.5 Å². The van der Waals surface area contributed by atoms with Crippen LogP contribution >= 0.6 is 0 Å². The van der Waals surface area contributed by atoms with Gasteiger partial charge in [0.05, 0.1) is 0 Å². The summed E-state index contributed by atoms with van der Waals surface area (Å²) in [6.07, 6.45) is 0. The van der Waals surface area contributed by atoms with Crippen LogP contribution in [0.15, 0.2) is 0 Å². The molecule has 0 atom stereocenters. The SMILES string of the molecule is NS(=O)(=O)O.NS(=O)(=O)O.O=S(=O)(O)O. The van der Waals surface area contributed by atoms with Gasteiger partial charge >= 0.3 is 31.0 Å². The Balaban J connectivity index is -0.000000144. The van der Waals surface area contributed by atoms with Crippen LogP contribution in [-0.2, 0) is 31.0 Å². The molecule has 15 heteroatoms. The Labute approximate surface area is 85.2 Å². The first-order valence-corrected chi connectivity index (χ1v) is 6.61. The maximum atomic E-state index is 8.97. The monoisotopic (exact) mass is 292 g/mol. The van der Waals surface area contributed by atoms with Crippen LogP contribution in [0.25, 0.3) is 0 Å². The summed E-state index contributed by atoms with van der Waals surface area (Å²) in [6.45, 7) is 0. The van der Waals surface area contributed by atoms with Crippen molar-refractivity contribution in [1.82, 2.24) is 0 Å². The molecule has 0 aliphatic carbocycles. The molecule has 0 aliphatic rings. The largest absolute Gasteiger partial charge is 0.394 e. The lowest BCUT2D eigenvalue weighted by Crippen LogP contribution is -2.08. The first kappa shape index (κ1) is 20.1. The smallest absolute Gasteiger partial charge is 0.274 e. The molecule has 0 aliphatic heterocycles. The molecule has 0 spiro atoms. The van der Waals surface area contributed by atoms with E-state index in [9.17, 15) is 0 Å². The third-order valence-corrected chi connectivity index (χ3v) is 0. The Morgan fingerprint density at radius 2 is 0.600 bits per heavy atom. The zero-order valence-electron chi connectivity index (χ0n) is 6.62. The van der Waals surface area contributed by atoms with Crippen molar-refractivity contribution < 1.29 is 43.5 Å². The summed E-state index contributed by atoms with van der Waals surface area (Å²) in [4.78, 5) is 0. The summed E-state index contributed by atoms with van der Waals surface area (Å²) in [7, 11) is -13.0. The summed E-state index contributed by atoms with van der Waals surface area (Å²) >= 11 is 0. The van der Waals surface area contributed by atoms with E-state index in [-0.39, 0.29) is 0 Å². The fourth-order valence-electron chi connectivity index (χ4n) is 0. The Kier molecular flexibility index (Phi) is 9.34. The topological polar surface area (TPSA) is 235 Å². The summed E-state index contributed by atoms with van der Waals surface area (Å²) < 4.78 is 82.0. The summed E-state index contributed by atoms with van der Waals surface area (Å²) in [5.41, 5.74) is 0. The van der Waals surface area contributed by atoms with E-state index in [1.54, 1.807) is 0 Å². The standard InChI is InChI=1S/2H3NO3S.H2O4S/c3*1-5(2,3)4/h2*(H3,1,2,3,4);(H2,1,2,3,4). The molecule has 12 nitrogen and oxygen atoms in total. The quantitative estimate of drug-likeness (QED) is 0.245. The van der Waals surface area contributed by atoms with Gasteiger partial charge in [0.25, 0.3) is 0 Å². The van der Waals surface area contributed by atoms with E-state index in [0.717, 1.165) is 0 Å². The minimum Gasteiger partial charge on any atom is -0.274 e. The van der Waals surface area contributed by atoms with E-state index < -0.39 is 31.0 Å². The number of hydrogen-bond acceptors (Lipinski definition) is 6. The maximum absolute atomic E-state index is 8.97. The predicted molar refractivity (Wildman–Crippen MR) is 45.6 cm³/mol. The molecule has 96 valence electrons. The molecule has 0 radical (unpaired) electrons. The normalized spacial score (nSPS) is 11.6. The molecule has 0 fully saturated rings. The van der Waals surface area contributed by atoms with E-state index in [2.05, 4.69) is 10.3 Å². The van der Waals surface area contributed by atoms with Gasteiger partial charge in [0.1, 0.15) is 0 Å². The van der Waals surface area contributed by atoms with Crippen LogP contribution in [0.1, 0.15) is 0 Å². The number of hydrogen-bond donors (Lipinski definition) is 6. The lowest BCUT2D eigenvalue weighted by Gasteiger charge is -1.70.